The fraction of sp³-hybridized carbons (Fsp3) is 0.222. The molecule has 13 heavy (non-hydrogen) atoms. The maximum Gasteiger partial charge on any atom is 0.256 e. The second kappa shape index (κ2) is 4.11. The molecular formula is C9H8BrClO2. The van der Waals surface area contributed by atoms with E-state index < -0.39 is 5.24 Å². The van der Waals surface area contributed by atoms with Gasteiger partial charge in [0.1, 0.15) is 5.75 Å². The first kappa shape index (κ1) is 10.5. The smallest absolute Gasteiger partial charge is 0.256 e. The van der Waals surface area contributed by atoms with Crippen molar-refractivity contribution in [3.63, 3.8) is 0 Å². The number of methoxy groups -OCH3 is 1. The molecule has 0 saturated heterocycles. The average Bonchev–Trinajstić information content (AvgIpc) is 2.07. The summed E-state index contributed by atoms with van der Waals surface area (Å²) in [6.07, 6.45) is 0. The number of carbonyl (C=O) groups excluding carboxylic acids is 1. The van der Waals surface area contributed by atoms with E-state index in [1.54, 1.807) is 0 Å². The van der Waals surface area contributed by atoms with Crippen LogP contribution in [0.3, 0.4) is 0 Å². The maximum absolute atomic E-state index is 11.1. The van der Waals surface area contributed by atoms with E-state index >= 15 is 0 Å². The van der Waals surface area contributed by atoms with Crippen LogP contribution in [0.1, 0.15) is 15.9 Å². The van der Waals surface area contributed by atoms with Gasteiger partial charge in [-0.25, -0.2) is 0 Å². The van der Waals surface area contributed by atoms with E-state index in [0.717, 1.165) is 10.0 Å². The Morgan fingerprint density at radius 3 is 2.54 bits per heavy atom. The van der Waals surface area contributed by atoms with Gasteiger partial charge >= 0.3 is 0 Å². The third kappa shape index (κ3) is 2.03. The van der Waals surface area contributed by atoms with E-state index in [4.69, 9.17) is 16.3 Å². The minimum atomic E-state index is -0.504. The van der Waals surface area contributed by atoms with Gasteiger partial charge in [0, 0.05) is 0 Å². The predicted octanol–water partition coefficient (Wildman–Crippen LogP) is 3.15. The van der Waals surface area contributed by atoms with E-state index in [-0.39, 0.29) is 0 Å². The van der Waals surface area contributed by atoms with Crippen molar-refractivity contribution >= 4 is 32.8 Å². The summed E-state index contributed by atoms with van der Waals surface area (Å²) in [6, 6.07) is 3.62. The number of hydrogen-bond acceptors (Lipinski definition) is 2. The molecule has 0 aliphatic heterocycles. The molecule has 0 unspecified atom stereocenters. The summed E-state index contributed by atoms with van der Waals surface area (Å²) in [5.41, 5.74) is 1.22. The quantitative estimate of drug-likeness (QED) is 0.766. The second-order valence-electron chi connectivity index (χ2n) is 2.55. The highest BCUT2D eigenvalue weighted by molar-refractivity contribution is 9.10. The standard InChI is InChI=1S/C9H8BrClO2/c1-5-3-4-6(10)8(13-2)7(5)9(11)12/h3-4H,1-2H3. The number of carbonyl (C=O) groups is 1. The Hall–Kier alpha value is -0.540. The van der Waals surface area contributed by atoms with Crippen molar-refractivity contribution in [3.8, 4) is 5.75 Å². The minimum absolute atomic E-state index is 0.415. The van der Waals surface area contributed by atoms with Gasteiger partial charge in [-0.1, -0.05) is 6.07 Å². The molecule has 0 bridgehead atoms. The highest BCUT2D eigenvalue weighted by atomic mass is 79.9. The summed E-state index contributed by atoms with van der Waals surface area (Å²) in [4.78, 5) is 11.1. The van der Waals surface area contributed by atoms with Gasteiger partial charge in [0.15, 0.2) is 0 Å². The van der Waals surface area contributed by atoms with Crippen LogP contribution in [0.25, 0.3) is 0 Å². The second-order valence-corrected chi connectivity index (χ2v) is 3.74. The molecule has 0 heterocycles. The molecule has 0 saturated carbocycles. The molecule has 1 aromatic rings. The van der Waals surface area contributed by atoms with Crippen LogP contribution in [0.5, 0.6) is 5.75 Å². The van der Waals surface area contributed by atoms with Crippen molar-refractivity contribution in [2.24, 2.45) is 0 Å². The van der Waals surface area contributed by atoms with Crippen LogP contribution in [0.4, 0.5) is 0 Å². The lowest BCUT2D eigenvalue weighted by molar-refractivity contribution is 0.107. The van der Waals surface area contributed by atoms with Crippen LogP contribution in [0.15, 0.2) is 16.6 Å². The summed E-state index contributed by atoms with van der Waals surface area (Å²) in [7, 11) is 1.50. The Labute approximate surface area is 90.0 Å². The van der Waals surface area contributed by atoms with Crippen molar-refractivity contribution in [1.29, 1.82) is 0 Å². The van der Waals surface area contributed by atoms with Crippen molar-refractivity contribution in [2.45, 2.75) is 6.92 Å². The predicted molar refractivity (Wildman–Crippen MR) is 55.6 cm³/mol. The summed E-state index contributed by atoms with van der Waals surface area (Å²) < 4.78 is 5.79. The van der Waals surface area contributed by atoms with Crippen LogP contribution in [0.2, 0.25) is 0 Å². The van der Waals surface area contributed by atoms with Gasteiger partial charge in [-0.15, -0.1) is 0 Å². The van der Waals surface area contributed by atoms with Gasteiger partial charge in [-0.05, 0) is 46.1 Å². The van der Waals surface area contributed by atoms with Crippen LogP contribution in [-0.4, -0.2) is 12.4 Å². The van der Waals surface area contributed by atoms with Crippen LogP contribution in [-0.2, 0) is 0 Å². The Bertz CT molecular complexity index is 350. The molecule has 0 aliphatic carbocycles. The largest absolute Gasteiger partial charge is 0.495 e. The maximum atomic E-state index is 11.1. The van der Waals surface area contributed by atoms with Gasteiger partial charge in [-0.3, -0.25) is 4.79 Å². The number of rotatable bonds is 2. The molecule has 0 spiro atoms. The first-order valence-electron chi connectivity index (χ1n) is 3.61. The van der Waals surface area contributed by atoms with E-state index in [1.807, 2.05) is 19.1 Å². The fourth-order valence-electron chi connectivity index (χ4n) is 1.10. The number of ether oxygens (including phenoxy) is 1. The lowest BCUT2D eigenvalue weighted by Gasteiger charge is -2.09. The highest BCUT2D eigenvalue weighted by Crippen LogP contribution is 2.32. The molecule has 2 nitrogen and oxygen atoms in total. The molecule has 1 rings (SSSR count). The molecule has 70 valence electrons. The number of benzene rings is 1. The van der Waals surface area contributed by atoms with Crippen LogP contribution >= 0.6 is 27.5 Å². The third-order valence-corrected chi connectivity index (χ3v) is 2.53. The van der Waals surface area contributed by atoms with E-state index in [1.165, 1.54) is 7.11 Å². The minimum Gasteiger partial charge on any atom is -0.495 e. The van der Waals surface area contributed by atoms with E-state index in [9.17, 15) is 4.79 Å². The summed E-state index contributed by atoms with van der Waals surface area (Å²) in [6.45, 7) is 1.81. The zero-order chi connectivity index (χ0) is 10.0. The molecule has 0 aromatic heterocycles. The Balaban J connectivity index is 3.43. The molecule has 0 N–H and O–H groups in total. The highest BCUT2D eigenvalue weighted by Gasteiger charge is 2.15. The lowest BCUT2D eigenvalue weighted by atomic mass is 10.1. The summed E-state index contributed by atoms with van der Waals surface area (Å²) >= 11 is 8.70. The van der Waals surface area contributed by atoms with Crippen LogP contribution < -0.4 is 4.74 Å². The van der Waals surface area contributed by atoms with Gasteiger partial charge in [0.25, 0.3) is 5.24 Å². The molecule has 0 atom stereocenters. The van der Waals surface area contributed by atoms with Crippen molar-refractivity contribution in [2.75, 3.05) is 7.11 Å². The van der Waals surface area contributed by atoms with Crippen molar-refractivity contribution < 1.29 is 9.53 Å². The van der Waals surface area contributed by atoms with Crippen molar-refractivity contribution in [1.82, 2.24) is 0 Å². The topological polar surface area (TPSA) is 26.3 Å². The molecule has 0 fully saturated rings. The zero-order valence-corrected chi connectivity index (χ0v) is 9.57. The summed E-state index contributed by atoms with van der Waals surface area (Å²) in [5.74, 6) is 0.486. The zero-order valence-electron chi connectivity index (χ0n) is 7.23. The molecule has 0 aliphatic rings. The van der Waals surface area contributed by atoms with Crippen molar-refractivity contribution in [3.05, 3.63) is 27.7 Å². The first-order valence-corrected chi connectivity index (χ1v) is 4.78. The molecular weight excluding hydrogens is 255 g/mol. The number of halogens is 2. The number of hydrogen-bond donors (Lipinski definition) is 0. The SMILES string of the molecule is COc1c(Br)ccc(C)c1C(=O)Cl. The number of aryl methyl sites for hydroxylation is 1. The Morgan fingerprint density at radius 2 is 2.15 bits per heavy atom. The molecule has 1 aromatic carbocycles. The van der Waals surface area contributed by atoms with Gasteiger partial charge in [0.05, 0.1) is 17.1 Å². The monoisotopic (exact) mass is 262 g/mol. The fourth-order valence-corrected chi connectivity index (χ4v) is 1.83. The van der Waals surface area contributed by atoms with E-state index in [2.05, 4.69) is 15.9 Å². The Morgan fingerprint density at radius 1 is 1.54 bits per heavy atom. The molecule has 4 heteroatoms. The van der Waals surface area contributed by atoms with Gasteiger partial charge < -0.3 is 4.74 Å². The third-order valence-electron chi connectivity index (χ3n) is 1.72. The van der Waals surface area contributed by atoms with Gasteiger partial charge in [-0.2, -0.15) is 0 Å². The first-order chi connectivity index (χ1) is 6.07. The average molecular weight is 264 g/mol. The van der Waals surface area contributed by atoms with E-state index in [0.29, 0.717) is 11.3 Å². The van der Waals surface area contributed by atoms with Crippen LogP contribution in [0, 0.1) is 6.92 Å². The lowest BCUT2D eigenvalue weighted by Crippen LogP contribution is -1.99. The summed E-state index contributed by atoms with van der Waals surface area (Å²) in [5, 5.41) is -0.504. The molecule has 0 amide bonds. The normalized spacial score (nSPS) is 9.85. The molecule has 0 radical (unpaired) electrons. The van der Waals surface area contributed by atoms with Gasteiger partial charge in [0.2, 0.25) is 0 Å². The Kier molecular flexibility index (Phi) is 3.33.